The number of ether oxygens (including phenoxy) is 1. The molecule has 0 saturated carbocycles. The second-order valence-corrected chi connectivity index (χ2v) is 2.28. The van der Waals surface area contributed by atoms with Crippen LogP contribution in [0.1, 0.15) is 13.3 Å². The predicted molar refractivity (Wildman–Crippen MR) is 42.6 cm³/mol. The minimum Gasteiger partial charge on any atom is -0.501 e. The summed E-state index contributed by atoms with van der Waals surface area (Å²) < 4.78 is 5.08. The fourth-order valence-electron chi connectivity index (χ4n) is 0.906. The molecule has 1 aliphatic carbocycles. The molecule has 0 aromatic heterocycles. The first-order chi connectivity index (χ1) is 4.84. The van der Waals surface area contributed by atoms with Crippen LogP contribution in [0, 0.1) is 0 Å². The Morgan fingerprint density at radius 2 is 2.30 bits per heavy atom. The van der Waals surface area contributed by atoms with Gasteiger partial charge in [0.15, 0.2) is 0 Å². The SMILES string of the molecule is COC(C)=C1C=CC=CC1. The van der Waals surface area contributed by atoms with Gasteiger partial charge in [0.1, 0.15) is 0 Å². The average Bonchev–Trinajstić information content (AvgIpc) is 2.05. The lowest BCUT2D eigenvalue weighted by Crippen LogP contribution is -1.88. The van der Waals surface area contributed by atoms with Crippen molar-refractivity contribution in [3.05, 3.63) is 35.6 Å². The van der Waals surface area contributed by atoms with Crippen LogP contribution in [0.15, 0.2) is 35.6 Å². The molecular weight excluding hydrogens is 124 g/mol. The molecule has 0 amide bonds. The van der Waals surface area contributed by atoms with E-state index in [-0.39, 0.29) is 0 Å². The van der Waals surface area contributed by atoms with Gasteiger partial charge in [0.2, 0.25) is 0 Å². The second kappa shape index (κ2) is 3.25. The molecular formula is C9H12O. The monoisotopic (exact) mass is 136 g/mol. The first-order valence-corrected chi connectivity index (χ1v) is 3.41. The van der Waals surface area contributed by atoms with Gasteiger partial charge in [-0.1, -0.05) is 24.3 Å². The lowest BCUT2D eigenvalue weighted by atomic mass is 10.1. The largest absolute Gasteiger partial charge is 0.501 e. The molecule has 54 valence electrons. The van der Waals surface area contributed by atoms with Crippen molar-refractivity contribution in [3.8, 4) is 0 Å². The Bertz CT molecular complexity index is 197. The van der Waals surface area contributed by atoms with Gasteiger partial charge in [-0.15, -0.1) is 0 Å². The van der Waals surface area contributed by atoms with E-state index in [1.807, 2.05) is 19.1 Å². The van der Waals surface area contributed by atoms with Crippen LogP contribution in [0.25, 0.3) is 0 Å². The maximum atomic E-state index is 5.08. The summed E-state index contributed by atoms with van der Waals surface area (Å²) in [7, 11) is 1.70. The van der Waals surface area contributed by atoms with E-state index in [2.05, 4.69) is 12.2 Å². The Morgan fingerprint density at radius 1 is 1.50 bits per heavy atom. The Hall–Kier alpha value is -0.980. The third-order valence-electron chi connectivity index (χ3n) is 1.64. The van der Waals surface area contributed by atoms with Crippen LogP contribution in [-0.4, -0.2) is 7.11 Å². The van der Waals surface area contributed by atoms with E-state index in [0.29, 0.717) is 0 Å². The van der Waals surface area contributed by atoms with Crippen LogP contribution in [0.2, 0.25) is 0 Å². The molecule has 0 aliphatic heterocycles. The summed E-state index contributed by atoms with van der Waals surface area (Å²) in [5.74, 6) is 1.01. The molecule has 0 heterocycles. The highest BCUT2D eigenvalue weighted by Gasteiger charge is 1.98. The summed E-state index contributed by atoms with van der Waals surface area (Å²) in [4.78, 5) is 0. The molecule has 0 N–H and O–H groups in total. The molecule has 1 nitrogen and oxygen atoms in total. The summed E-state index contributed by atoms with van der Waals surface area (Å²) in [5.41, 5.74) is 1.27. The molecule has 0 aromatic rings. The third kappa shape index (κ3) is 1.50. The number of hydrogen-bond donors (Lipinski definition) is 0. The molecule has 0 spiro atoms. The molecule has 1 aliphatic rings. The van der Waals surface area contributed by atoms with Gasteiger partial charge in [0.05, 0.1) is 12.9 Å². The molecule has 10 heavy (non-hydrogen) atoms. The molecule has 0 atom stereocenters. The van der Waals surface area contributed by atoms with Crippen LogP contribution in [0.3, 0.4) is 0 Å². The Balaban J connectivity index is 2.74. The van der Waals surface area contributed by atoms with Gasteiger partial charge in [0, 0.05) is 0 Å². The summed E-state index contributed by atoms with van der Waals surface area (Å²) >= 11 is 0. The van der Waals surface area contributed by atoms with Crippen molar-refractivity contribution in [1.82, 2.24) is 0 Å². The number of rotatable bonds is 1. The molecule has 0 radical (unpaired) electrons. The minimum absolute atomic E-state index is 0.996. The summed E-state index contributed by atoms with van der Waals surface area (Å²) in [6, 6.07) is 0. The van der Waals surface area contributed by atoms with Gasteiger partial charge in [-0.25, -0.2) is 0 Å². The lowest BCUT2D eigenvalue weighted by molar-refractivity contribution is 0.289. The van der Waals surface area contributed by atoms with Crippen LogP contribution in [0.4, 0.5) is 0 Å². The molecule has 1 rings (SSSR count). The second-order valence-electron chi connectivity index (χ2n) is 2.28. The van der Waals surface area contributed by atoms with Gasteiger partial charge in [-0.2, -0.15) is 0 Å². The predicted octanol–water partition coefficient (Wildman–Crippen LogP) is 2.42. The standard InChI is InChI=1S/C9H12O/c1-8(10-2)9-6-4-3-5-7-9/h3-6H,7H2,1-2H3. The van der Waals surface area contributed by atoms with E-state index in [0.717, 1.165) is 12.2 Å². The maximum absolute atomic E-state index is 5.08. The molecule has 1 heteroatoms. The minimum atomic E-state index is 0.996. The Morgan fingerprint density at radius 3 is 2.80 bits per heavy atom. The molecule has 0 saturated heterocycles. The highest BCUT2D eigenvalue weighted by molar-refractivity contribution is 5.30. The van der Waals surface area contributed by atoms with E-state index < -0.39 is 0 Å². The van der Waals surface area contributed by atoms with E-state index >= 15 is 0 Å². The zero-order chi connectivity index (χ0) is 7.40. The summed E-state index contributed by atoms with van der Waals surface area (Å²) in [6.07, 6.45) is 9.28. The highest BCUT2D eigenvalue weighted by Crippen LogP contribution is 2.14. The third-order valence-corrected chi connectivity index (χ3v) is 1.64. The summed E-state index contributed by atoms with van der Waals surface area (Å²) in [5, 5.41) is 0. The fraction of sp³-hybridized carbons (Fsp3) is 0.333. The summed E-state index contributed by atoms with van der Waals surface area (Å²) in [6.45, 7) is 1.98. The van der Waals surface area contributed by atoms with Crippen molar-refractivity contribution in [3.63, 3.8) is 0 Å². The lowest BCUT2D eigenvalue weighted by Gasteiger charge is -2.06. The van der Waals surface area contributed by atoms with E-state index in [1.54, 1.807) is 7.11 Å². The van der Waals surface area contributed by atoms with Gasteiger partial charge < -0.3 is 4.74 Å². The van der Waals surface area contributed by atoms with Crippen molar-refractivity contribution in [2.24, 2.45) is 0 Å². The normalized spacial score (nSPS) is 21.0. The highest BCUT2D eigenvalue weighted by atomic mass is 16.5. The van der Waals surface area contributed by atoms with Crippen molar-refractivity contribution in [2.75, 3.05) is 7.11 Å². The van der Waals surface area contributed by atoms with E-state index in [4.69, 9.17) is 4.74 Å². The number of hydrogen-bond acceptors (Lipinski definition) is 1. The maximum Gasteiger partial charge on any atom is 0.0959 e. The van der Waals surface area contributed by atoms with E-state index in [9.17, 15) is 0 Å². The fourth-order valence-corrected chi connectivity index (χ4v) is 0.906. The Labute approximate surface area is 61.7 Å². The van der Waals surface area contributed by atoms with E-state index in [1.165, 1.54) is 5.57 Å². The van der Waals surface area contributed by atoms with Crippen LogP contribution >= 0.6 is 0 Å². The molecule has 0 aromatic carbocycles. The van der Waals surface area contributed by atoms with Crippen LogP contribution in [0.5, 0.6) is 0 Å². The van der Waals surface area contributed by atoms with Crippen molar-refractivity contribution < 1.29 is 4.74 Å². The number of allylic oxidation sites excluding steroid dienone is 6. The smallest absolute Gasteiger partial charge is 0.0959 e. The zero-order valence-electron chi connectivity index (χ0n) is 6.42. The van der Waals surface area contributed by atoms with Crippen molar-refractivity contribution in [2.45, 2.75) is 13.3 Å². The first kappa shape index (κ1) is 7.13. The quantitative estimate of drug-likeness (QED) is 0.503. The molecule has 0 unspecified atom stereocenters. The van der Waals surface area contributed by atoms with Crippen molar-refractivity contribution in [1.29, 1.82) is 0 Å². The Kier molecular flexibility index (Phi) is 2.32. The van der Waals surface area contributed by atoms with Gasteiger partial charge in [-0.3, -0.25) is 0 Å². The molecule has 0 bridgehead atoms. The molecule has 0 fully saturated rings. The van der Waals surface area contributed by atoms with Gasteiger partial charge >= 0.3 is 0 Å². The number of methoxy groups -OCH3 is 1. The average molecular weight is 136 g/mol. The first-order valence-electron chi connectivity index (χ1n) is 3.41. The zero-order valence-corrected chi connectivity index (χ0v) is 6.42. The topological polar surface area (TPSA) is 9.23 Å². The van der Waals surface area contributed by atoms with Crippen LogP contribution < -0.4 is 0 Å². The van der Waals surface area contributed by atoms with Crippen LogP contribution in [-0.2, 0) is 4.74 Å². The van der Waals surface area contributed by atoms with Crippen molar-refractivity contribution >= 4 is 0 Å². The van der Waals surface area contributed by atoms with Gasteiger partial charge in [0.25, 0.3) is 0 Å². The van der Waals surface area contributed by atoms with Gasteiger partial charge in [-0.05, 0) is 18.9 Å².